The van der Waals surface area contributed by atoms with E-state index < -0.39 is 21.7 Å². The molecule has 0 aliphatic carbocycles. The van der Waals surface area contributed by atoms with Crippen LogP contribution in [0.5, 0.6) is 5.75 Å². The minimum Gasteiger partial charge on any atom is -0.489 e. The van der Waals surface area contributed by atoms with E-state index in [0.717, 1.165) is 22.0 Å². The van der Waals surface area contributed by atoms with Crippen LogP contribution in [0.15, 0.2) is 90.1 Å². The maximum absolute atomic E-state index is 13.3. The molecular weight excluding hydrogens is 526 g/mol. The zero-order chi connectivity index (χ0) is 28.1. The number of cyclic esters (lactones) is 1. The Bertz CT molecular complexity index is 1820. The molecule has 206 valence electrons. The van der Waals surface area contributed by atoms with Gasteiger partial charge in [0.25, 0.3) is 10.0 Å². The number of fused-ring (bicyclic) bond motifs is 2. The van der Waals surface area contributed by atoms with E-state index >= 15 is 0 Å². The topological polar surface area (TPSA) is 93.6 Å². The number of amides is 1. The number of rotatable bonds is 8. The highest BCUT2D eigenvalue weighted by Gasteiger charge is 2.41. The molecule has 3 heterocycles. The maximum atomic E-state index is 13.3. The predicted molar refractivity (Wildman–Crippen MR) is 154 cm³/mol. The lowest BCUT2D eigenvalue weighted by atomic mass is 9.93. The van der Waals surface area contributed by atoms with E-state index in [9.17, 15) is 13.2 Å². The smallest absolute Gasteiger partial charge is 0.410 e. The first kappa shape index (κ1) is 26.0. The number of nitrogens with one attached hydrogen (secondary N) is 1. The molecule has 3 aromatic carbocycles. The largest absolute Gasteiger partial charge is 0.489 e. The summed E-state index contributed by atoms with van der Waals surface area (Å²) in [6, 6.07) is 21.9. The highest BCUT2D eigenvalue weighted by Crippen LogP contribution is 2.32. The lowest BCUT2D eigenvalue weighted by molar-refractivity contribution is 0.0986. The van der Waals surface area contributed by atoms with E-state index in [-0.39, 0.29) is 17.6 Å². The summed E-state index contributed by atoms with van der Waals surface area (Å²) in [6.45, 7) is 6.54. The monoisotopic (exact) mass is 557 g/mol. The highest BCUT2D eigenvalue weighted by molar-refractivity contribution is 7.90. The van der Waals surface area contributed by atoms with Gasteiger partial charge in [-0.15, -0.1) is 0 Å². The average molecular weight is 558 g/mol. The molecule has 0 bridgehead atoms. The molecule has 5 aromatic rings. The van der Waals surface area contributed by atoms with Gasteiger partial charge < -0.3 is 14.5 Å². The molecule has 2 aromatic heterocycles. The van der Waals surface area contributed by atoms with Crippen LogP contribution in [0.2, 0.25) is 0 Å². The summed E-state index contributed by atoms with van der Waals surface area (Å²) in [5, 5.41) is 1.81. The van der Waals surface area contributed by atoms with E-state index in [4.69, 9.17) is 9.47 Å². The third-order valence-electron chi connectivity index (χ3n) is 7.56. The zero-order valence-electron chi connectivity index (χ0n) is 22.6. The van der Waals surface area contributed by atoms with E-state index in [1.165, 1.54) is 10.2 Å². The van der Waals surface area contributed by atoms with E-state index in [2.05, 4.69) is 11.1 Å². The standard InChI is InChI=1S/C31H31N3O5S/c1-21-11-13-24(14-12-21)40(36,37)34-16-15-26-28(34)9-6-10-29(26)38-20-23-19-33(30(35)39-23)31(2,3)17-22-18-32-27-8-5-4-7-25(22)27/h4-16,18,23,32H,17,19-20H2,1-3H3/t23-/m0/s1. The number of carbonyl (C=O) groups excluding carboxylic acids is 1. The Labute approximate surface area is 233 Å². The van der Waals surface area contributed by atoms with Gasteiger partial charge in [-0.2, -0.15) is 0 Å². The number of hydrogen-bond donors (Lipinski definition) is 1. The quantitative estimate of drug-likeness (QED) is 0.257. The van der Waals surface area contributed by atoms with Crippen LogP contribution < -0.4 is 4.74 Å². The molecule has 0 spiro atoms. The first-order valence-corrected chi connectivity index (χ1v) is 14.7. The Balaban J connectivity index is 1.17. The van der Waals surface area contributed by atoms with Gasteiger partial charge in [-0.3, -0.25) is 4.90 Å². The van der Waals surface area contributed by atoms with Crippen molar-refractivity contribution in [3.05, 3.63) is 96.3 Å². The minimum atomic E-state index is -3.77. The molecule has 1 N–H and O–H groups in total. The summed E-state index contributed by atoms with van der Waals surface area (Å²) in [5.41, 5.74) is 3.24. The number of hydrogen-bond acceptors (Lipinski definition) is 5. The molecule has 0 radical (unpaired) electrons. The number of nitrogens with zero attached hydrogens (tertiary/aromatic N) is 2. The molecule has 1 fully saturated rings. The fourth-order valence-corrected chi connectivity index (χ4v) is 6.75. The molecule has 6 rings (SSSR count). The van der Waals surface area contributed by atoms with Gasteiger partial charge in [-0.25, -0.2) is 17.2 Å². The molecular formula is C31H31N3O5S. The number of H-pyrrole nitrogens is 1. The number of aromatic nitrogens is 2. The van der Waals surface area contributed by atoms with Gasteiger partial charge in [0.05, 0.1) is 17.0 Å². The second-order valence-electron chi connectivity index (χ2n) is 10.9. The van der Waals surface area contributed by atoms with Crippen LogP contribution in [0.25, 0.3) is 21.8 Å². The SMILES string of the molecule is Cc1ccc(S(=O)(=O)n2ccc3c(OC[C@@H]4CN(C(C)(C)Cc5c[nH]c6ccccc56)C(=O)O4)cccc32)cc1. The first-order valence-electron chi connectivity index (χ1n) is 13.2. The summed E-state index contributed by atoms with van der Waals surface area (Å²) in [6.07, 6.45) is 3.38. The van der Waals surface area contributed by atoms with Crippen molar-refractivity contribution in [3.63, 3.8) is 0 Å². The molecule has 1 amide bonds. The van der Waals surface area contributed by atoms with Crippen LogP contribution in [0.1, 0.15) is 25.0 Å². The van der Waals surface area contributed by atoms with Crippen molar-refractivity contribution in [2.45, 2.75) is 43.7 Å². The van der Waals surface area contributed by atoms with Crippen LogP contribution >= 0.6 is 0 Å². The Morgan fingerprint density at radius 3 is 2.58 bits per heavy atom. The van der Waals surface area contributed by atoms with E-state index in [0.29, 0.717) is 29.6 Å². The second kappa shape index (κ2) is 9.75. The summed E-state index contributed by atoms with van der Waals surface area (Å²) in [5.74, 6) is 0.530. The minimum absolute atomic E-state index is 0.153. The van der Waals surface area contributed by atoms with E-state index in [1.54, 1.807) is 53.4 Å². The molecule has 1 aliphatic heterocycles. The van der Waals surface area contributed by atoms with Crippen LogP contribution in [-0.4, -0.2) is 53.2 Å². The summed E-state index contributed by atoms with van der Waals surface area (Å²) < 4.78 is 39.7. The normalized spacial score (nSPS) is 16.1. The van der Waals surface area contributed by atoms with E-state index in [1.807, 2.05) is 45.2 Å². The molecule has 0 saturated carbocycles. The molecule has 1 aliphatic rings. The van der Waals surface area contributed by atoms with Gasteiger partial charge >= 0.3 is 6.09 Å². The summed E-state index contributed by atoms with van der Waals surface area (Å²) in [4.78, 5) is 18.2. The Morgan fingerprint density at radius 1 is 1.00 bits per heavy atom. The number of ether oxygens (including phenoxy) is 2. The number of aryl methyl sites for hydroxylation is 1. The molecule has 8 nitrogen and oxygen atoms in total. The maximum Gasteiger partial charge on any atom is 0.410 e. The summed E-state index contributed by atoms with van der Waals surface area (Å²) >= 11 is 0. The van der Waals surface area contributed by atoms with Crippen molar-refractivity contribution in [2.24, 2.45) is 0 Å². The van der Waals surface area contributed by atoms with Crippen LogP contribution in [0, 0.1) is 6.92 Å². The van der Waals surface area contributed by atoms with Crippen molar-refractivity contribution in [2.75, 3.05) is 13.2 Å². The van der Waals surface area contributed by atoms with Crippen LogP contribution in [-0.2, 0) is 21.2 Å². The molecule has 1 saturated heterocycles. The van der Waals surface area contributed by atoms with Crippen LogP contribution in [0.4, 0.5) is 4.79 Å². The molecule has 0 unspecified atom stereocenters. The number of carbonyl (C=O) groups is 1. The molecule has 1 atom stereocenters. The predicted octanol–water partition coefficient (Wildman–Crippen LogP) is 5.89. The first-order chi connectivity index (χ1) is 19.1. The summed E-state index contributed by atoms with van der Waals surface area (Å²) in [7, 11) is -3.77. The molecule has 9 heteroatoms. The van der Waals surface area contributed by atoms with Gasteiger partial charge in [0.2, 0.25) is 0 Å². The van der Waals surface area contributed by atoms with Gasteiger partial charge in [-0.1, -0.05) is 42.0 Å². The lowest BCUT2D eigenvalue weighted by Gasteiger charge is -2.33. The second-order valence-corrected chi connectivity index (χ2v) is 12.7. The van der Waals surface area contributed by atoms with Gasteiger partial charge in [-0.05, 0) is 69.2 Å². The van der Waals surface area contributed by atoms with Gasteiger partial charge in [0.1, 0.15) is 12.4 Å². The third-order valence-corrected chi connectivity index (χ3v) is 9.27. The highest BCUT2D eigenvalue weighted by atomic mass is 32.2. The number of aromatic amines is 1. The Morgan fingerprint density at radius 2 is 1.77 bits per heavy atom. The fourth-order valence-electron chi connectivity index (χ4n) is 5.40. The number of benzene rings is 3. The van der Waals surface area contributed by atoms with Crippen molar-refractivity contribution in [1.29, 1.82) is 0 Å². The van der Waals surface area contributed by atoms with Crippen molar-refractivity contribution >= 4 is 37.9 Å². The average Bonchev–Trinajstić information content (AvgIpc) is 3.65. The third kappa shape index (κ3) is 4.60. The Kier molecular flexibility index (Phi) is 6.34. The van der Waals surface area contributed by atoms with Gasteiger partial charge in [0.15, 0.2) is 6.10 Å². The van der Waals surface area contributed by atoms with Crippen molar-refractivity contribution in [3.8, 4) is 5.75 Å². The lowest BCUT2D eigenvalue weighted by Crippen LogP contribution is -2.46. The Hall–Kier alpha value is -4.24. The molecule has 40 heavy (non-hydrogen) atoms. The van der Waals surface area contributed by atoms with Crippen molar-refractivity contribution < 1.29 is 22.7 Å². The number of para-hydroxylation sites is 1. The fraction of sp³-hybridized carbons (Fsp3) is 0.258. The van der Waals surface area contributed by atoms with Crippen molar-refractivity contribution in [1.82, 2.24) is 13.9 Å². The van der Waals surface area contributed by atoms with Gasteiger partial charge in [0, 0.05) is 34.2 Å². The van der Waals surface area contributed by atoms with Crippen LogP contribution in [0.3, 0.4) is 0 Å². The zero-order valence-corrected chi connectivity index (χ0v) is 23.4.